The summed E-state index contributed by atoms with van der Waals surface area (Å²) in [5, 5.41) is 7.68. The van der Waals surface area contributed by atoms with Gasteiger partial charge in [-0.05, 0) is 73.2 Å². The topological polar surface area (TPSA) is 90.3 Å². The molecule has 3 aromatic carbocycles. The lowest BCUT2D eigenvalue weighted by molar-refractivity contribution is 0.101. The van der Waals surface area contributed by atoms with Crippen LogP contribution in [0.4, 0.5) is 5.69 Å². The largest absolute Gasteiger partial charge is 0.472 e. The van der Waals surface area contributed by atoms with Gasteiger partial charge in [-0.15, -0.1) is 5.10 Å². The lowest BCUT2D eigenvalue weighted by atomic mass is 10.1. The van der Waals surface area contributed by atoms with Gasteiger partial charge in [-0.2, -0.15) is 4.68 Å². The van der Waals surface area contributed by atoms with Crippen molar-refractivity contribution >= 4 is 29.0 Å². The van der Waals surface area contributed by atoms with Gasteiger partial charge >= 0.3 is 0 Å². The van der Waals surface area contributed by atoms with Gasteiger partial charge in [-0.3, -0.25) is 14.4 Å². The molecule has 8 heteroatoms. The second-order valence-corrected chi connectivity index (χ2v) is 7.91. The molecule has 4 rings (SSSR count). The third kappa shape index (κ3) is 5.57. The van der Waals surface area contributed by atoms with Crippen molar-refractivity contribution in [3.05, 3.63) is 117 Å². The predicted octanol–water partition coefficient (Wildman–Crippen LogP) is 4.92. The number of benzene rings is 3. The van der Waals surface area contributed by atoms with Crippen LogP contribution in [0.25, 0.3) is 5.69 Å². The van der Waals surface area contributed by atoms with Crippen molar-refractivity contribution in [1.29, 1.82) is 0 Å². The number of rotatable bonds is 7. The Labute approximate surface area is 200 Å². The summed E-state index contributed by atoms with van der Waals surface area (Å²) in [4.78, 5) is 36.3. The minimum absolute atomic E-state index is 0.0447. The molecule has 1 aromatic heterocycles. The Morgan fingerprint density at radius 1 is 0.882 bits per heavy atom. The molecule has 34 heavy (non-hydrogen) atoms. The van der Waals surface area contributed by atoms with Crippen molar-refractivity contribution in [2.45, 2.75) is 13.5 Å². The average Bonchev–Trinajstić information content (AvgIpc) is 2.85. The van der Waals surface area contributed by atoms with Gasteiger partial charge in [0, 0.05) is 34.0 Å². The van der Waals surface area contributed by atoms with E-state index in [1.165, 1.54) is 23.7 Å². The monoisotopic (exact) mass is 473 g/mol. The van der Waals surface area contributed by atoms with Gasteiger partial charge in [0.2, 0.25) is 5.88 Å². The first kappa shape index (κ1) is 22.9. The molecule has 0 aliphatic heterocycles. The molecule has 0 saturated carbocycles. The molecule has 0 aliphatic carbocycles. The van der Waals surface area contributed by atoms with E-state index in [-0.39, 0.29) is 29.7 Å². The highest BCUT2D eigenvalue weighted by atomic mass is 35.5. The van der Waals surface area contributed by atoms with E-state index in [2.05, 4.69) is 10.4 Å². The third-order valence-corrected chi connectivity index (χ3v) is 5.25. The van der Waals surface area contributed by atoms with E-state index in [9.17, 15) is 14.4 Å². The van der Waals surface area contributed by atoms with E-state index in [4.69, 9.17) is 16.3 Å². The van der Waals surface area contributed by atoms with E-state index in [1.807, 2.05) is 12.1 Å². The second-order valence-electron chi connectivity index (χ2n) is 7.47. The fourth-order valence-corrected chi connectivity index (χ4v) is 3.27. The standard InChI is InChI=1S/C26H20ClN3O4/c1-17(31)19-4-10-22(11-5-19)28-26(33)20-6-12-23(13-7-20)30-25(32)15-14-24(29-30)34-16-18-2-8-21(27)9-3-18/h2-15H,16H2,1H3,(H,28,33). The molecule has 0 spiro atoms. The minimum Gasteiger partial charge on any atom is -0.472 e. The van der Waals surface area contributed by atoms with Crippen molar-refractivity contribution < 1.29 is 14.3 Å². The Kier molecular flexibility index (Phi) is 6.85. The number of amides is 1. The first-order valence-corrected chi connectivity index (χ1v) is 10.8. The molecule has 4 aromatic rings. The number of Topliss-reactive ketones (excluding diaryl/α,β-unsaturated/α-hetero) is 1. The molecule has 0 fully saturated rings. The zero-order valence-electron chi connectivity index (χ0n) is 18.2. The zero-order chi connectivity index (χ0) is 24.1. The van der Waals surface area contributed by atoms with Crippen molar-refractivity contribution in [2.75, 3.05) is 5.32 Å². The molecule has 0 atom stereocenters. The average molecular weight is 474 g/mol. The molecule has 1 N–H and O–H groups in total. The highest BCUT2D eigenvalue weighted by molar-refractivity contribution is 6.30. The number of carbonyl (C=O) groups is 2. The SMILES string of the molecule is CC(=O)c1ccc(NC(=O)c2ccc(-n3nc(OCc4ccc(Cl)cc4)ccc3=O)cc2)cc1. The van der Waals surface area contributed by atoms with E-state index in [1.54, 1.807) is 60.7 Å². The summed E-state index contributed by atoms with van der Waals surface area (Å²) in [5.74, 6) is -0.0791. The molecular weight excluding hydrogens is 454 g/mol. The smallest absolute Gasteiger partial charge is 0.271 e. The Morgan fingerprint density at radius 3 is 2.18 bits per heavy atom. The molecule has 1 heterocycles. The van der Waals surface area contributed by atoms with Gasteiger partial charge in [-0.25, -0.2) is 0 Å². The summed E-state index contributed by atoms with van der Waals surface area (Å²) in [7, 11) is 0. The quantitative estimate of drug-likeness (QED) is 0.385. The van der Waals surface area contributed by atoms with Gasteiger partial charge in [-0.1, -0.05) is 23.7 Å². The summed E-state index contributed by atoms with van der Waals surface area (Å²) in [6.07, 6.45) is 0. The van der Waals surface area contributed by atoms with Crippen LogP contribution in [-0.2, 0) is 6.61 Å². The molecule has 0 saturated heterocycles. The highest BCUT2D eigenvalue weighted by Gasteiger charge is 2.09. The molecular formula is C26H20ClN3O4. The third-order valence-electron chi connectivity index (χ3n) is 5.00. The van der Waals surface area contributed by atoms with Crippen LogP contribution in [0.2, 0.25) is 5.02 Å². The van der Waals surface area contributed by atoms with Gasteiger partial charge in [0.15, 0.2) is 5.78 Å². The van der Waals surface area contributed by atoms with E-state index in [0.29, 0.717) is 27.5 Å². The lowest BCUT2D eigenvalue weighted by Gasteiger charge is -2.10. The van der Waals surface area contributed by atoms with Gasteiger partial charge in [0.1, 0.15) is 6.61 Å². The summed E-state index contributed by atoms with van der Waals surface area (Å²) in [6, 6.07) is 23.2. The summed E-state index contributed by atoms with van der Waals surface area (Å²) < 4.78 is 6.91. The van der Waals surface area contributed by atoms with Crippen molar-refractivity contribution in [3.63, 3.8) is 0 Å². The number of hydrogen-bond acceptors (Lipinski definition) is 5. The summed E-state index contributed by atoms with van der Waals surface area (Å²) >= 11 is 5.89. The van der Waals surface area contributed by atoms with Crippen LogP contribution < -0.4 is 15.6 Å². The van der Waals surface area contributed by atoms with Crippen molar-refractivity contribution in [3.8, 4) is 11.6 Å². The number of aromatic nitrogens is 2. The van der Waals surface area contributed by atoms with Crippen LogP contribution in [-0.4, -0.2) is 21.5 Å². The first-order valence-electron chi connectivity index (χ1n) is 10.4. The number of anilines is 1. The molecule has 0 radical (unpaired) electrons. The molecule has 0 bridgehead atoms. The van der Waals surface area contributed by atoms with Crippen LogP contribution in [0.1, 0.15) is 33.2 Å². The maximum absolute atomic E-state index is 12.6. The highest BCUT2D eigenvalue weighted by Crippen LogP contribution is 2.15. The molecule has 1 amide bonds. The maximum Gasteiger partial charge on any atom is 0.271 e. The fourth-order valence-electron chi connectivity index (χ4n) is 3.14. The van der Waals surface area contributed by atoms with Gasteiger partial charge in [0.05, 0.1) is 5.69 Å². The molecule has 7 nitrogen and oxygen atoms in total. The first-order chi connectivity index (χ1) is 16.4. The second kappa shape index (κ2) is 10.1. The number of nitrogens with one attached hydrogen (secondary N) is 1. The van der Waals surface area contributed by atoms with Crippen LogP contribution in [0, 0.1) is 0 Å². The molecule has 170 valence electrons. The molecule has 0 aliphatic rings. The number of ketones is 1. The van der Waals surface area contributed by atoms with E-state index >= 15 is 0 Å². The number of carbonyl (C=O) groups excluding carboxylic acids is 2. The van der Waals surface area contributed by atoms with Crippen molar-refractivity contribution in [1.82, 2.24) is 9.78 Å². The number of halogens is 1. The van der Waals surface area contributed by atoms with Crippen LogP contribution in [0.15, 0.2) is 89.7 Å². The van der Waals surface area contributed by atoms with E-state index in [0.717, 1.165) is 5.56 Å². The normalized spacial score (nSPS) is 10.5. The Balaban J connectivity index is 1.45. The number of ether oxygens (including phenoxy) is 1. The number of hydrogen-bond donors (Lipinski definition) is 1. The van der Waals surface area contributed by atoms with Crippen LogP contribution in [0.3, 0.4) is 0 Å². The van der Waals surface area contributed by atoms with Gasteiger partial charge < -0.3 is 10.1 Å². The van der Waals surface area contributed by atoms with Crippen molar-refractivity contribution in [2.24, 2.45) is 0 Å². The Morgan fingerprint density at radius 2 is 1.53 bits per heavy atom. The predicted molar refractivity (Wildman–Crippen MR) is 130 cm³/mol. The summed E-state index contributed by atoms with van der Waals surface area (Å²) in [5.41, 5.74) is 2.62. The number of nitrogens with zero attached hydrogens (tertiary/aromatic N) is 2. The molecule has 0 unspecified atom stereocenters. The van der Waals surface area contributed by atoms with Crippen LogP contribution >= 0.6 is 11.6 Å². The maximum atomic E-state index is 12.6. The fraction of sp³-hybridized carbons (Fsp3) is 0.0769. The van der Waals surface area contributed by atoms with Crippen LogP contribution in [0.5, 0.6) is 5.88 Å². The minimum atomic E-state index is -0.332. The Hall–Kier alpha value is -4.23. The van der Waals surface area contributed by atoms with E-state index < -0.39 is 0 Å². The zero-order valence-corrected chi connectivity index (χ0v) is 19.0. The Bertz CT molecular complexity index is 1380. The van der Waals surface area contributed by atoms with Gasteiger partial charge in [0.25, 0.3) is 11.5 Å². The lowest BCUT2D eigenvalue weighted by Crippen LogP contribution is -2.20. The summed E-state index contributed by atoms with van der Waals surface area (Å²) in [6.45, 7) is 1.76.